The number of carboxylic acid groups (broad SMARTS) is 1. The third-order valence-electron chi connectivity index (χ3n) is 2.92. The van der Waals surface area contributed by atoms with Gasteiger partial charge in [0.15, 0.2) is 5.60 Å². The Balaban J connectivity index is 0.000000351. The average Bonchev–Trinajstić information content (AvgIpc) is 2.64. The molecular formula is C13H19F3N2O6. The number of amides is 1. The summed E-state index contributed by atoms with van der Waals surface area (Å²) in [6.45, 7) is 7.11. The third-order valence-corrected chi connectivity index (χ3v) is 2.92. The minimum atomic E-state index is -5.08. The molecule has 0 aromatic heterocycles. The first-order chi connectivity index (χ1) is 10.7. The molecule has 1 amide bonds. The number of hydrogen-bond acceptors (Lipinski definition) is 6. The van der Waals surface area contributed by atoms with Gasteiger partial charge in [-0.3, -0.25) is 9.69 Å². The van der Waals surface area contributed by atoms with Crippen molar-refractivity contribution in [2.75, 3.05) is 26.2 Å². The van der Waals surface area contributed by atoms with E-state index in [-0.39, 0.29) is 6.54 Å². The van der Waals surface area contributed by atoms with Crippen LogP contribution in [0.1, 0.15) is 20.8 Å². The van der Waals surface area contributed by atoms with Crippen LogP contribution < -0.4 is 5.32 Å². The fraction of sp³-hybridized carbons (Fsp3) is 0.769. The molecule has 24 heavy (non-hydrogen) atoms. The van der Waals surface area contributed by atoms with E-state index < -0.39 is 35.4 Å². The SMILES string of the molecule is CC(C)(C)OC(=O)CN1CC2(CNC2)OC1=O.O=C(O)C(F)(F)F. The Labute approximate surface area is 135 Å². The number of carbonyl (C=O) groups excluding carboxylic acids is 2. The highest BCUT2D eigenvalue weighted by Crippen LogP contribution is 2.26. The van der Waals surface area contributed by atoms with E-state index in [0.29, 0.717) is 19.6 Å². The molecule has 0 aromatic carbocycles. The molecule has 11 heteroatoms. The van der Waals surface area contributed by atoms with Crippen molar-refractivity contribution in [1.82, 2.24) is 10.2 Å². The van der Waals surface area contributed by atoms with Gasteiger partial charge in [-0.05, 0) is 20.8 Å². The number of carbonyl (C=O) groups is 3. The quantitative estimate of drug-likeness (QED) is 0.704. The summed E-state index contributed by atoms with van der Waals surface area (Å²) < 4.78 is 42.1. The number of hydrogen-bond donors (Lipinski definition) is 2. The van der Waals surface area contributed by atoms with Gasteiger partial charge < -0.3 is 19.9 Å². The van der Waals surface area contributed by atoms with Gasteiger partial charge in [0, 0.05) is 13.1 Å². The summed E-state index contributed by atoms with van der Waals surface area (Å²) in [5.41, 5.74) is -0.949. The van der Waals surface area contributed by atoms with Crippen LogP contribution in [0.2, 0.25) is 0 Å². The first-order valence-corrected chi connectivity index (χ1v) is 6.95. The number of nitrogens with zero attached hydrogens (tertiary/aromatic N) is 1. The topological polar surface area (TPSA) is 105 Å². The zero-order chi connectivity index (χ0) is 18.8. The summed E-state index contributed by atoms with van der Waals surface area (Å²) in [7, 11) is 0. The molecule has 2 aliphatic heterocycles. The largest absolute Gasteiger partial charge is 0.490 e. The van der Waals surface area contributed by atoms with E-state index in [1.54, 1.807) is 20.8 Å². The number of aliphatic carboxylic acids is 1. The van der Waals surface area contributed by atoms with Gasteiger partial charge in [0.2, 0.25) is 0 Å². The van der Waals surface area contributed by atoms with Gasteiger partial charge >= 0.3 is 24.2 Å². The Bertz CT molecular complexity index is 511. The molecule has 2 rings (SSSR count). The fourth-order valence-corrected chi connectivity index (χ4v) is 1.93. The van der Waals surface area contributed by atoms with Crippen molar-refractivity contribution in [3.63, 3.8) is 0 Å². The van der Waals surface area contributed by atoms with Crippen LogP contribution in [0.5, 0.6) is 0 Å². The Morgan fingerprint density at radius 3 is 2.12 bits per heavy atom. The van der Waals surface area contributed by atoms with E-state index in [4.69, 9.17) is 19.4 Å². The number of nitrogens with one attached hydrogen (secondary N) is 1. The van der Waals surface area contributed by atoms with Crippen molar-refractivity contribution in [2.24, 2.45) is 0 Å². The molecule has 0 bridgehead atoms. The van der Waals surface area contributed by atoms with Crippen LogP contribution in [0.25, 0.3) is 0 Å². The molecule has 2 heterocycles. The Hall–Kier alpha value is -2.04. The molecule has 0 radical (unpaired) electrons. The number of halogens is 3. The van der Waals surface area contributed by atoms with Crippen molar-refractivity contribution >= 4 is 18.0 Å². The van der Waals surface area contributed by atoms with Gasteiger partial charge in [-0.2, -0.15) is 13.2 Å². The lowest BCUT2D eigenvalue weighted by Gasteiger charge is -2.36. The number of alkyl halides is 3. The van der Waals surface area contributed by atoms with Gasteiger partial charge in [0.05, 0.1) is 6.54 Å². The zero-order valence-electron chi connectivity index (χ0n) is 13.4. The van der Waals surface area contributed by atoms with Gasteiger partial charge in [-0.25, -0.2) is 9.59 Å². The van der Waals surface area contributed by atoms with Crippen molar-refractivity contribution in [3.05, 3.63) is 0 Å². The molecule has 2 aliphatic rings. The van der Waals surface area contributed by atoms with Crippen molar-refractivity contribution in [3.8, 4) is 0 Å². The Kier molecular flexibility index (Phi) is 5.70. The predicted molar refractivity (Wildman–Crippen MR) is 73.2 cm³/mol. The fourth-order valence-electron chi connectivity index (χ4n) is 1.93. The molecule has 8 nitrogen and oxygen atoms in total. The molecule has 0 aromatic rings. The van der Waals surface area contributed by atoms with Gasteiger partial charge in [-0.15, -0.1) is 0 Å². The summed E-state index contributed by atoms with van der Waals surface area (Å²) in [6, 6.07) is 0. The van der Waals surface area contributed by atoms with E-state index in [9.17, 15) is 22.8 Å². The number of ether oxygens (including phenoxy) is 2. The third kappa shape index (κ3) is 5.87. The van der Waals surface area contributed by atoms with Crippen LogP contribution >= 0.6 is 0 Å². The second kappa shape index (κ2) is 6.83. The number of rotatable bonds is 2. The van der Waals surface area contributed by atoms with Gasteiger partial charge in [0.1, 0.15) is 12.1 Å². The maximum Gasteiger partial charge on any atom is 0.490 e. The first-order valence-electron chi connectivity index (χ1n) is 6.95. The normalized spacial score (nSPS) is 19.1. The molecule has 2 fully saturated rings. The highest BCUT2D eigenvalue weighted by molar-refractivity contribution is 5.79. The summed E-state index contributed by atoms with van der Waals surface area (Å²) in [5, 5.41) is 10.2. The summed E-state index contributed by atoms with van der Waals surface area (Å²) in [5.74, 6) is -3.16. The molecule has 2 saturated heterocycles. The second-order valence-electron chi connectivity index (χ2n) is 6.40. The predicted octanol–water partition coefficient (Wildman–Crippen LogP) is 0.756. The van der Waals surface area contributed by atoms with Crippen molar-refractivity contribution in [1.29, 1.82) is 0 Å². The van der Waals surface area contributed by atoms with Gasteiger partial charge in [-0.1, -0.05) is 0 Å². The monoisotopic (exact) mass is 356 g/mol. The summed E-state index contributed by atoms with van der Waals surface area (Å²) in [6.07, 6.45) is -5.52. The maximum atomic E-state index is 11.6. The highest BCUT2D eigenvalue weighted by Gasteiger charge is 2.50. The summed E-state index contributed by atoms with van der Waals surface area (Å²) in [4.78, 5) is 33.4. The lowest BCUT2D eigenvalue weighted by atomic mass is 9.97. The second-order valence-corrected chi connectivity index (χ2v) is 6.40. The van der Waals surface area contributed by atoms with Crippen LogP contribution in [0.15, 0.2) is 0 Å². The molecule has 0 atom stereocenters. The number of esters is 1. The van der Waals surface area contributed by atoms with E-state index in [1.807, 2.05) is 0 Å². The molecule has 0 saturated carbocycles. The standard InChI is InChI=1S/C11H18N2O4.C2HF3O2/c1-10(2,3)16-8(14)4-13-7-11(5-12-6-11)17-9(13)15;3-2(4,5)1(6)7/h12H,4-7H2,1-3H3;(H,6,7). The minimum Gasteiger partial charge on any atom is -0.475 e. The maximum absolute atomic E-state index is 11.6. The first kappa shape index (κ1) is 20.0. The van der Waals surface area contributed by atoms with Gasteiger partial charge in [0.25, 0.3) is 0 Å². The molecule has 0 unspecified atom stereocenters. The number of carboxylic acids is 1. The highest BCUT2D eigenvalue weighted by atomic mass is 19.4. The molecule has 1 spiro atoms. The van der Waals surface area contributed by atoms with Crippen LogP contribution in [-0.2, 0) is 19.1 Å². The van der Waals surface area contributed by atoms with Crippen LogP contribution in [0.3, 0.4) is 0 Å². The van der Waals surface area contributed by atoms with Crippen LogP contribution in [0.4, 0.5) is 18.0 Å². The molecule has 0 aliphatic carbocycles. The van der Waals surface area contributed by atoms with E-state index >= 15 is 0 Å². The Morgan fingerprint density at radius 2 is 1.83 bits per heavy atom. The smallest absolute Gasteiger partial charge is 0.475 e. The molecular weight excluding hydrogens is 337 g/mol. The summed E-state index contributed by atoms with van der Waals surface area (Å²) >= 11 is 0. The van der Waals surface area contributed by atoms with Crippen molar-refractivity contribution in [2.45, 2.75) is 38.1 Å². The Morgan fingerprint density at radius 1 is 1.33 bits per heavy atom. The lowest BCUT2D eigenvalue weighted by Crippen LogP contribution is -2.61. The van der Waals surface area contributed by atoms with Crippen LogP contribution in [0, 0.1) is 0 Å². The average molecular weight is 356 g/mol. The molecule has 138 valence electrons. The zero-order valence-corrected chi connectivity index (χ0v) is 13.4. The van der Waals surface area contributed by atoms with E-state index in [2.05, 4.69) is 5.32 Å². The molecule has 2 N–H and O–H groups in total. The minimum absolute atomic E-state index is 0.0438. The van der Waals surface area contributed by atoms with Crippen molar-refractivity contribution < 1.29 is 42.1 Å². The van der Waals surface area contributed by atoms with E-state index in [1.165, 1.54) is 4.90 Å². The van der Waals surface area contributed by atoms with Crippen LogP contribution in [-0.4, -0.2) is 71.6 Å². The lowest BCUT2D eigenvalue weighted by molar-refractivity contribution is -0.192. The van der Waals surface area contributed by atoms with E-state index in [0.717, 1.165) is 0 Å².